The number of aryl methyl sites for hydroxylation is 1. The first-order valence-corrected chi connectivity index (χ1v) is 9.06. The van der Waals surface area contributed by atoms with Crippen molar-refractivity contribution >= 4 is 11.5 Å². The lowest BCUT2D eigenvalue weighted by Gasteiger charge is -2.29. The number of anilines is 2. The first-order chi connectivity index (χ1) is 12.2. The minimum Gasteiger partial charge on any atom is -0.378 e. The topological polar surface area (TPSA) is 48.6 Å². The summed E-state index contributed by atoms with van der Waals surface area (Å²) in [5.74, 6) is 0.960. The van der Waals surface area contributed by atoms with E-state index in [1.54, 1.807) is 6.07 Å². The van der Waals surface area contributed by atoms with Gasteiger partial charge in [-0.3, -0.25) is 4.79 Å². The fourth-order valence-electron chi connectivity index (χ4n) is 3.18. The summed E-state index contributed by atoms with van der Waals surface area (Å²) in [6.45, 7) is 7.38. The maximum atomic E-state index is 11.8. The molecule has 4 rings (SSSR count). The Balaban J connectivity index is 0.000000219. The van der Waals surface area contributed by atoms with Crippen LogP contribution in [-0.4, -0.2) is 44.4 Å². The van der Waals surface area contributed by atoms with Gasteiger partial charge in [-0.2, -0.15) is 0 Å². The number of nitrogens with one attached hydrogen (secondary N) is 1. The number of ether oxygens (including phenoxy) is 1. The number of hydrogen-bond acceptors (Lipinski definition) is 4. The van der Waals surface area contributed by atoms with Gasteiger partial charge < -0.3 is 19.5 Å². The Morgan fingerprint density at radius 3 is 2.20 bits per heavy atom. The van der Waals surface area contributed by atoms with Crippen LogP contribution in [-0.2, 0) is 4.74 Å². The molecular formula is C20H27N3O2. The Morgan fingerprint density at radius 1 is 0.920 bits per heavy atom. The zero-order valence-corrected chi connectivity index (χ0v) is 14.9. The Kier molecular flexibility index (Phi) is 6.12. The molecule has 0 bridgehead atoms. The van der Waals surface area contributed by atoms with Crippen LogP contribution >= 0.6 is 0 Å². The molecule has 0 amide bonds. The van der Waals surface area contributed by atoms with Crippen LogP contribution in [0.15, 0.2) is 47.3 Å². The minimum absolute atomic E-state index is 0.0131. The average Bonchev–Trinajstić information content (AvgIpc) is 3.18. The number of morpholine rings is 1. The smallest absolute Gasteiger partial charge is 0.251 e. The number of aromatic nitrogens is 1. The summed E-state index contributed by atoms with van der Waals surface area (Å²) in [5.41, 5.74) is 2.33. The van der Waals surface area contributed by atoms with Crippen LogP contribution in [0.1, 0.15) is 18.4 Å². The molecule has 0 saturated carbocycles. The third-order valence-corrected chi connectivity index (χ3v) is 4.58. The van der Waals surface area contributed by atoms with Gasteiger partial charge in [0.15, 0.2) is 0 Å². The third-order valence-electron chi connectivity index (χ3n) is 4.58. The lowest BCUT2D eigenvalue weighted by Crippen LogP contribution is -2.37. The molecule has 0 atom stereocenters. The summed E-state index contributed by atoms with van der Waals surface area (Å²) < 4.78 is 5.34. The molecule has 0 radical (unpaired) electrons. The van der Waals surface area contributed by atoms with Crippen LogP contribution in [0.25, 0.3) is 0 Å². The molecule has 2 fully saturated rings. The summed E-state index contributed by atoms with van der Waals surface area (Å²) in [5, 5.41) is 0. The molecule has 0 aliphatic carbocycles. The number of aromatic amines is 1. The van der Waals surface area contributed by atoms with Gasteiger partial charge in [0.05, 0.1) is 13.2 Å². The highest BCUT2D eigenvalue weighted by Crippen LogP contribution is 2.22. The van der Waals surface area contributed by atoms with Crippen LogP contribution in [0.3, 0.4) is 0 Å². The van der Waals surface area contributed by atoms with Gasteiger partial charge in [0.1, 0.15) is 5.82 Å². The lowest BCUT2D eigenvalue weighted by molar-refractivity contribution is 0.122. The quantitative estimate of drug-likeness (QED) is 0.912. The van der Waals surface area contributed by atoms with Crippen molar-refractivity contribution in [2.75, 3.05) is 49.2 Å². The molecular weight excluding hydrogens is 314 g/mol. The second-order valence-electron chi connectivity index (χ2n) is 6.54. The number of rotatable bonds is 2. The summed E-state index contributed by atoms with van der Waals surface area (Å²) in [6.07, 6.45) is 2.42. The van der Waals surface area contributed by atoms with Crippen LogP contribution < -0.4 is 15.4 Å². The molecule has 2 saturated heterocycles. The van der Waals surface area contributed by atoms with Gasteiger partial charge in [-0.05, 0) is 19.8 Å². The number of nitrogens with zero attached hydrogens (tertiary/aromatic N) is 2. The summed E-state index contributed by atoms with van der Waals surface area (Å²) in [6, 6.07) is 14.0. The average molecular weight is 341 g/mol. The Hall–Kier alpha value is -2.27. The SMILES string of the molecule is Cc1ccccc1.O=c1cc(N2CCOCC2)cc(N2CCCC2)[nH]1. The zero-order chi connectivity index (χ0) is 17.5. The highest BCUT2D eigenvalue weighted by Gasteiger charge is 2.17. The fourth-order valence-corrected chi connectivity index (χ4v) is 3.18. The predicted octanol–water partition coefficient (Wildman–Crippen LogP) is 2.81. The number of pyridine rings is 1. The van der Waals surface area contributed by atoms with E-state index >= 15 is 0 Å². The van der Waals surface area contributed by atoms with Crippen molar-refractivity contribution in [2.45, 2.75) is 19.8 Å². The molecule has 2 aliphatic heterocycles. The summed E-state index contributed by atoms with van der Waals surface area (Å²) in [7, 11) is 0. The number of H-pyrrole nitrogens is 1. The Bertz CT molecular complexity index is 702. The molecule has 2 aromatic rings. The summed E-state index contributed by atoms with van der Waals surface area (Å²) in [4.78, 5) is 19.2. The van der Waals surface area contributed by atoms with Crippen molar-refractivity contribution in [2.24, 2.45) is 0 Å². The second-order valence-corrected chi connectivity index (χ2v) is 6.54. The van der Waals surface area contributed by atoms with E-state index in [-0.39, 0.29) is 5.56 Å². The Morgan fingerprint density at radius 2 is 1.60 bits per heavy atom. The van der Waals surface area contributed by atoms with Gasteiger partial charge >= 0.3 is 0 Å². The molecule has 134 valence electrons. The van der Waals surface area contributed by atoms with Crippen LogP contribution in [0.5, 0.6) is 0 Å². The Labute approximate surface area is 149 Å². The van der Waals surface area contributed by atoms with Gasteiger partial charge in [0, 0.05) is 44.0 Å². The van der Waals surface area contributed by atoms with E-state index in [2.05, 4.69) is 39.9 Å². The number of benzene rings is 1. The lowest BCUT2D eigenvalue weighted by atomic mass is 10.2. The van der Waals surface area contributed by atoms with Crippen LogP contribution in [0.4, 0.5) is 11.5 Å². The van der Waals surface area contributed by atoms with E-state index in [4.69, 9.17) is 4.74 Å². The highest BCUT2D eigenvalue weighted by atomic mass is 16.5. The van der Waals surface area contributed by atoms with Gasteiger partial charge in [0.25, 0.3) is 5.56 Å². The normalized spacial score (nSPS) is 17.2. The summed E-state index contributed by atoms with van der Waals surface area (Å²) >= 11 is 0. The molecule has 0 spiro atoms. The van der Waals surface area contributed by atoms with Crippen molar-refractivity contribution in [3.63, 3.8) is 0 Å². The van der Waals surface area contributed by atoms with Gasteiger partial charge in [0.2, 0.25) is 0 Å². The highest BCUT2D eigenvalue weighted by molar-refractivity contribution is 5.55. The third kappa shape index (κ3) is 5.10. The van der Waals surface area contributed by atoms with Crippen LogP contribution in [0.2, 0.25) is 0 Å². The van der Waals surface area contributed by atoms with E-state index in [1.807, 2.05) is 18.2 Å². The first kappa shape index (κ1) is 17.5. The largest absolute Gasteiger partial charge is 0.378 e. The van der Waals surface area contributed by atoms with E-state index in [9.17, 15) is 4.79 Å². The molecule has 3 heterocycles. The zero-order valence-electron chi connectivity index (χ0n) is 14.9. The maximum Gasteiger partial charge on any atom is 0.251 e. The van der Waals surface area contributed by atoms with Crippen molar-refractivity contribution in [3.05, 3.63) is 58.4 Å². The van der Waals surface area contributed by atoms with Crippen molar-refractivity contribution in [3.8, 4) is 0 Å². The molecule has 0 unspecified atom stereocenters. The van der Waals surface area contributed by atoms with E-state index < -0.39 is 0 Å². The molecule has 25 heavy (non-hydrogen) atoms. The molecule has 1 N–H and O–H groups in total. The molecule has 1 aromatic heterocycles. The predicted molar refractivity (Wildman–Crippen MR) is 103 cm³/mol. The van der Waals surface area contributed by atoms with E-state index in [1.165, 1.54) is 18.4 Å². The minimum atomic E-state index is -0.0131. The van der Waals surface area contributed by atoms with Gasteiger partial charge in [-0.25, -0.2) is 0 Å². The first-order valence-electron chi connectivity index (χ1n) is 9.06. The van der Waals surface area contributed by atoms with Gasteiger partial charge in [-0.15, -0.1) is 0 Å². The standard InChI is InChI=1S/C13H19N3O2.C7H8/c17-13-10-11(15-5-7-18-8-6-15)9-12(14-13)16-3-1-2-4-16;1-7-5-3-2-4-6-7/h9-10H,1-8H2,(H,14,17);2-6H,1H3. The monoisotopic (exact) mass is 341 g/mol. The fraction of sp³-hybridized carbons (Fsp3) is 0.450. The molecule has 5 heteroatoms. The van der Waals surface area contributed by atoms with Gasteiger partial charge in [-0.1, -0.05) is 35.9 Å². The molecule has 2 aliphatic rings. The molecule has 5 nitrogen and oxygen atoms in total. The second kappa shape index (κ2) is 8.72. The van der Waals surface area contributed by atoms with Crippen molar-refractivity contribution in [1.29, 1.82) is 0 Å². The number of hydrogen-bond donors (Lipinski definition) is 1. The van der Waals surface area contributed by atoms with Crippen LogP contribution in [0, 0.1) is 6.92 Å². The maximum absolute atomic E-state index is 11.8. The molecule has 1 aromatic carbocycles. The van der Waals surface area contributed by atoms with Crippen molar-refractivity contribution in [1.82, 2.24) is 4.98 Å². The van der Waals surface area contributed by atoms with Crippen molar-refractivity contribution < 1.29 is 4.74 Å². The van der Waals surface area contributed by atoms with E-state index in [0.29, 0.717) is 0 Å². The van der Waals surface area contributed by atoms with E-state index in [0.717, 1.165) is 50.9 Å².